The summed E-state index contributed by atoms with van der Waals surface area (Å²) in [4.78, 5) is 14.1. The van der Waals surface area contributed by atoms with Gasteiger partial charge in [-0.15, -0.1) is 0 Å². The molecule has 16 heavy (non-hydrogen) atoms. The van der Waals surface area contributed by atoms with E-state index >= 15 is 0 Å². The van der Waals surface area contributed by atoms with Crippen molar-refractivity contribution in [3.8, 4) is 0 Å². The summed E-state index contributed by atoms with van der Waals surface area (Å²) in [5.74, 6) is 0.522. The highest BCUT2D eigenvalue weighted by Gasteiger charge is 2.40. The van der Waals surface area contributed by atoms with Gasteiger partial charge in [0, 0.05) is 25.6 Å². The van der Waals surface area contributed by atoms with Gasteiger partial charge in [-0.2, -0.15) is 0 Å². The average molecular weight is 226 g/mol. The molecule has 1 amide bonds. The smallest absolute Gasteiger partial charge is 0.225 e. The Labute approximate surface area is 99.4 Å². The second-order valence-corrected chi connectivity index (χ2v) is 5.96. The van der Waals surface area contributed by atoms with Gasteiger partial charge >= 0.3 is 0 Å². The van der Waals surface area contributed by atoms with Gasteiger partial charge in [0.15, 0.2) is 0 Å². The zero-order valence-electron chi connectivity index (χ0n) is 11.1. The van der Waals surface area contributed by atoms with E-state index in [1.165, 1.54) is 12.8 Å². The van der Waals surface area contributed by atoms with Crippen molar-refractivity contribution in [1.29, 1.82) is 0 Å². The molecule has 0 aromatic carbocycles. The summed E-state index contributed by atoms with van der Waals surface area (Å²) in [7, 11) is 1.90. The Morgan fingerprint density at radius 2 is 2.19 bits per heavy atom. The number of hydrogen-bond donors (Lipinski definition) is 1. The third kappa shape index (κ3) is 3.21. The van der Waals surface area contributed by atoms with Gasteiger partial charge in [-0.3, -0.25) is 4.79 Å². The predicted molar refractivity (Wildman–Crippen MR) is 67.0 cm³/mol. The molecular formula is C13H26N2O. The van der Waals surface area contributed by atoms with E-state index in [-0.39, 0.29) is 17.4 Å². The molecule has 3 nitrogen and oxygen atoms in total. The van der Waals surface area contributed by atoms with Gasteiger partial charge in [0.2, 0.25) is 5.91 Å². The van der Waals surface area contributed by atoms with E-state index in [1.807, 2.05) is 18.9 Å². The summed E-state index contributed by atoms with van der Waals surface area (Å²) in [5.41, 5.74) is 5.89. The number of rotatable bonds is 4. The van der Waals surface area contributed by atoms with Crippen LogP contribution >= 0.6 is 0 Å². The maximum atomic E-state index is 12.3. The van der Waals surface area contributed by atoms with Crippen LogP contribution in [0.25, 0.3) is 0 Å². The van der Waals surface area contributed by atoms with Gasteiger partial charge in [-0.25, -0.2) is 0 Å². The first-order chi connectivity index (χ1) is 7.34. The van der Waals surface area contributed by atoms with Crippen molar-refractivity contribution in [3.63, 3.8) is 0 Å². The third-order valence-electron chi connectivity index (χ3n) is 3.85. The van der Waals surface area contributed by atoms with Crippen LogP contribution in [0.4, 0.5) is 0 Å². The lowest BCUT2D eigenvalue weighted by atomic mass is 9.81. The Hall–Kier alpha value is -0.570. The number of carbonyl (C=O) groups excluding carboxylic acids is 1. The molecule has 0 saturated heterocycles. The van der Waals surface area contributed by atoms with Crippen molar-refractivity contribution in [3.05, 3.63) is 0 Å². The quantitative estimate of drug-likeness (QED) is 0.797. The largest absolute Gasteiger partial charge is 0.345 e. The van der Waals surface area contributed by atoms with Gasteiger partial charge in [-0.1, -0.05) is 20.3 Å². The van der Waals surface area contributed by atoms with Crippen LogP contribution < -0.4 is 5.73 Å². The minimum absolute atomic E-state index is 0.173. The van der Waals surface area contributed by atoms with E-state index in [2.05, 4.69) is 13.8 Å². The van der Waals surface area contributed by atoms with Crippen molar-refractivity contribution in [2.45, 2.75) is 52.5 Å². The first-order valence-corrected chi connectivity index (χ1v) is 6.35. The summed E-state index contributed by atoms with van der Waals surface area (Å²) in [6.45, 7) is 7.19. The highest BCUT2D eigenvalue weighted by Crippen LogP contribution is 2.43. The van der Waals surface area contributed by atoms with Crippen molar-refractivity contribution in [2.75, 3.05) is 13.6 Å². The normalized spacial score (nSPS) is 25.4. The van der Waals surface area contributed by atoms with Gasteiger partial charge < -0.3 is 10.6 Å². The lowest BCUT2D eigenvalue weighted by molar-refractivity contribution is -0.137. The Morgan fingerprint density at radius 3 is 2.62 bits per heavy atom. The highest BCUT2D eigenvalue weighted by molar-refractivity contribution is 5.79. The molecule has 0 aromatic heterocycles. The monoisotopic (exact) mass is 226 g/mol. The molecule has 3 heteroatoms. The molecule has 1 aliphatic carbocycles. The molecule has 2 atom stereocenters. The Bertz CT molecular complexity index is 248. The van der Waals surface area contributed by atoms with Crippen LogP contribution in [0.3, 0.4) is 0 Å². The number of nitrogens with two attached hydrogens (primary N) is 1. The number of hydrogen-bond acceptors (Lipinski definition) is 2. The van der Waals surface area contributed by atoms with Gasteiger partial charge in [0.25, 0.3) is 0 Å². The SMILES string of the molecule is CC(N)CCN(C)C(=O)C1CCCC1(C)C. The fourth-order valence-corrected chi connectivity index (χ4v) is 2.56. The minimum atomic E-state index is 0.173. The van der Waals surface area contributed by atoms with Crippen LogP contribution in [0.1, 0.15) is 46.5 Å². The van der Waals surface area contributed by atoms with Crippen molar-refractivity contribution >= 4 is 5.91 Å². The number of nitrogens with zero attached hydrogens (tertiary/aromatic N) is 1. The van der Waals surface area contributed by atoms with Crippen LogP contribution in [0.2, 0.25) is 0 Å². The maximum Gasteiger partial charge on any atom is 0.225 e. The molecule has 0 aromatic rings. The van der Waals surface area contributed by atoms with Gasteiger partial charge in [0.05, 0.1) is 0 Å². The van der Waals surface area contributed by atoms with E-state index < -0.39 is 0 Å². The zero-order chi connectivity index (χ0) is 12.3. The second kappa shape index (κ2) is 5.17. The predicted octanol–water partition coefficient (Wildman–Crippen LogP) is 2.01. The standard InChI is InChI=1S/C13H26N2O/c1-10(14)7-9-15(4)12(16)11-6-5-8-13(11,2)3/h10-11H,5-9,14H2,1-4H3. The first-order valence-electron chi connectivity index (χ1n) is 6.35. The molecule has 1 saturated carbocycles. The fraction of sp³-hybridized carbons (Fsp3) is 0.923. The Kier molecular flexibility index (Phi) is 4.36. The molecule has 0 spiro atoms. The van der Waals surface area contributed by atoms with E-state index in [1.54, 1.807) is 0 Å². The van der Waals surface area contributed by atoms with E-state index in [4.69, 9.17) is 5.73 Å². The van der Waals surface area contributed by atoms with Crippen LogP contribution in [-0.2, 0) is 4.79 Å². The summed E-state index contributed by atoms with van der Waals surface area (Å²) < 4.78 is 0. The molecule has 1 fully saturated rings. The second-order valence-electron chi connectivity index (χ2n) is 5.96. The van der Waals surface area contributed by atoms with Crippen LogP contribution in [0.5, 0.6) is 0 Å². The molecular weight excluding hydrogens is 200 g/mol. The van der Waals surface area contributed by atoms with E-state index in [9.17, 15) is 4.79 Å². The van der Waals surface area contributed by atoms with Gasteiger partial charge in [-0.05, 0) is 31.6 Å². The molecule has 2 N–H and O–H groups in total. The summed E-state index contributed by atoms with van der Waals surface area (Å²) >= 11 is 0. The molecule has 94 valence electrons. The highest BCUT2D eigenvalue weighted by atomic mass is 16.2. The molecule has 2 unspecified atom stereocenters. The lowest BCUT2D eigenvalue weighted by Gasteiger charge is -2.30. The minimum Gasteiger partial charge on any atom is -0.345 e. The zero-order valence-corrected chi connectivity index (χ0v) is 11.1. The van der Waals surface area contributed by atoms with Gasteiger partial charge in [0.1, 0.15) is 0 Å². The van der Waals surface area contributed by atoms with Crippen LogP contribution in [0, 0.1) is 11.3 Å². The van der Waals surface area contributed by atoms with Crippen molar-refractivity contribution in [1.82, 2.24) is 4.90 Å². The molecule has 0 heterocycles. The first kappa shape index (κ1) is 13.5. The summed E-state index contributed by atoms with van der Waals surface area (Å²) in [6, 6.07) is 0.173. The number of amides is 1. The van der Waals surface area contributed by atoms with Crippen molar-refractivity contribution < 1.29 is 4.79 Å². The van der Waals surface area contributed by atoms with E-state index in [0.29, 0.717) is 5.91 Å². The third-order valence-corrected chi connectivity index (χ3v) is 3.85. The van der Waals surface area contributed by atoms with E-state index in [0.717, 1.165) is 19.4 Å². The molecule has 0 aliphatic heterocycles. The molecule has 1 aliphatic rings. The molecule has 0 bridgehead atoms. The molecule has 1 rings (SSSR count). The summed E-state index contributed by atoms with van der Waals surface area (Å²) in [5, 5.41) is 0. The topological polar surface area (TPSA) is 46.3 Å². The summed E-state index contributed by atoms with van der Waals surface area (Å²) in [6.07, 6.45) is 4.29. The van der Waals surface area contributed by atoms with Crippen LogP contribution in [0.15, 0.2) is 0 Å². The Balaban J connectivity index is 2.50. The maximum absolute atomic E-state index is 12.3. The van der Waals surface area contributed by atoms with Crippen molar-refractivity contribution in [2.24, 2.45) is 17.1 Å². The fourth-order valence-electron chi connectivity index (χ4n) is 2.56. The lowest BCUT2D eigenvalue weighted by Crippen LogP contribution is -2.39. The molecule has 0 radical (unpaired) electrons. The Morgan fingerprint density at radius 1 is 1.56 bits per heavy atom. The number of carbonyl (C=O) groups is 1. The average Bonchev–Trinajstić information content (AvgIpc) is 2.53. The van der Waals surface area contributed by atoms with Crippen LogP contribution in [-0.4, -0.2) is 30.4 Å².